The molecule has 0 saturated carbocycles. The van der Waals surface area contributed by atoms with Gasteiger partial charge in [0, 0.05) is 16.9 Å². The number of aryl methyl sites for hydroxylation is 2. The minimum atomic E-state index is 1.07. The van der Waals surface area contributed by atoms with E-state index in [0.717, 1.165) is 17.3 Å². The Labute approximate surface area is 98.3 Å². The van der Waals surface area contributed by atoms with E-state index in [1.807, 2.05) is 12.4 Å². The van der Waals surface area contributed by atoms with E-state index in [9.17, 15) is 0 Å². The third kappa shape index (κ3) is 3.17. The van der Waals surface area contributed by atoms with E-state index in [1.165, 1.54) is 11.1 Å². The van der Waals surface area contributed by atoms with E-state index in [2.05, 4.69) is 57.3 Å². The monoisotopic (exact) mass is 261 g/mol. The molecule has 76 valence electrons. The molecule has 0 N–H and O–H groups in total. The zero-order chi connectivity index (χ0) is 10.5. The topological polar surface area (TPSA) is 12.9 Å². The lowest BCUT2D eigenvalue weighted by Crippen LogP contribution is -1.90. The van der Waals surface area contributed by atoms with Gasteiger partial charge in [0.05, 0.1) is 0 Å². The number of aromatic nitrogens is 1. The summed E-state index contributed by atoms with van der Waals surface area (Å²) in [5.74, 6) is 0. The summed E-state index contributed by atoms with van der Waals surface area (Å²) < 4.78 is 1.13. The van der Waals surface area contributed by atoms with Gasteiger partial charge in [0.2, 0.25) is 0 Å². The van der Waals surface area contributed by atoms with Gasteiger partial charge in [0.1, 0.15) is 0 Å². The minimum Gasteiger partial charge on any atom is -0.265 e. The van der Waals surface area contributed by atoms with Crippen molar-refractivity contribution in [3.63, 3.8) is 0 Å². The van der Waals surface area contributed by atoms with E-state index < -0.39 is 0 Å². The van der Waals surface area contributed by atoms with E-state index >= 15 is 0 Å². The molecular weight excluding hydrogens is 250 g/mol. The highest BCUT2D eigenvalue weighted by Crippen LogP contribution is 2.12. The summed E-state index contributed by atoms with van der Waals surface area (Å²) >= 11 is 3.43. The van der Waals surface area contributed by atoms with Crippen LogP contribution in [0.2, 0.25) is 0 Å². The summed E-state index contributed by atoms with van der Waals surface area (Å²) in [7, 11) is 0. The molecule has 2 heteroatoms. The van der Waals surface area contributed by atoms with Gasteiger partial charge < -0.3 is 0 Å². The van der Waals surface area contributed by atoms with Gasteiger partial charge in [-0.1, -0.05) is 28.1 Å². The average molecular weight is 262 g/mol. The van der Waals surface area contributed by atoms with Crippen LogP contribution in [-0.2, 0) is 12.8 Å². The molecule has 0 saturated heterocycles. The quantitative estimate of drug-likeness (QED) is 0.823. The lowest BCUT2D eigenvalue weighted by Gasteiger charge is -2.01. The molecule has 0 fully saturated rings. The molecular formula is C13H12BrN. The second-order valence-electron chi connectivity index (χ2n) is 3.48. The zero-order valence-corrected chi connectivity index (χ0v) is 9.94. The Hall–Kier alpha value is -1.15. The molecule has 1 nitrogen and oxygen atoms in total. The number of pyridine rings is 1. The SMILES string of the molecule is Brc1ccc(CCc2ccncc2)cc1. The van der Waals surface area contributed by atoms with Crippen LogP contribution in [0.4, 0.5) is 0 Å². The predicted octanol–water partition coefficient (Wildman–Crippen LogP) is 3.63. The van der Waals surface area contributed by atoms with Gasteiger partial charge in [-0.3, -0.25) is 4.98 Å². The third-order valence-electron chi connectivity index (χ3n) is 2.36. The number of nitrogens with zero attached hydrogens (tertiary/aromatic N) is 1. The van der Waals surface area contributed by atoms with Gasteiger partial charge in [-0.2, -0.15) is 0 Å². The van der Waals surface area contributed by atoms with Crippen LogP contribution in [0.1, 0.15) is 11.1 Å². The van der Waals surface area contributed by atoms with Crippen molar-refractivity contribution in [2.75, 3.05) is 0 Å². The largest absolute Gasteiger partial charge is 0.265 e. The van der Waals surface area contributed by atoms with Gasteiger partial charge in [-0.25, -0.2) is 0 Å². The Balaban J connectivity index is 1.96. The Morgan fingerprint density at radius 1 is 0.800 bits per heavy atom. The molecule has 0 aliphatic carbocycles. The third-order valence-corrected chi connectivity index (χ3v) is 2.89. The van der Waals surface area contributed by atoms with Gasteiger partial charge in [0.15, 0.2) is 0 Å². The van der Waals surface area contributed by atoms with Crippen molar-refractivity contribution < 1.29 is 0 Å². The van der Waals surface area contributed by atoms with Crippen molar-refractivity contribution in [2.45, 2.75) is 12.8 Å². The molecule has 0 aliphatic heterocycles. The molecule has 1 heterocycles. The summed E-state index contributed by atoms with van der Waals surface area (Å²) in [5, 5.41) is 0. The molecule has 0 amide bonds. The molecule has 2 aromatic rings. The van der Waals surface area contributed by atoms with Crippen molar-refractivity contribution >= 4 is 15.9 Å². The summed E-state index contributed by atoms with van der Waals surface area (Å²) in [6.07, 6.45) is 5.84. The molecule has 1 aromatic heterocycles. The van der Waals surface area contributed by atoms with Crippen LogP contribution < -0.4 is 0 Å². The maximum Gasteiger partial charge on any atom is 0.0270 e. The molecule has 1 aromatic carbocycles. The summed E-state index contributed by atoms with van der Waals surface area (Å²) in [4.78, 5) is 4.01. The Bertz CT molecular complexity index is 408. The highest BCUT2D eigenvalue weighted by Gasteiger charge is 1.95. The zero-order valence-electron chi connectivity index (χ0n) is 8.36. The van der Waals surface area contributed by atoms with E-state index in [-0.39, 0.29) is 0 Å². The first-order valence-electron chi connectivity index (χ1n) is 4.98. The van der Waals surface area contributed by atoms with Crippen molar-refractivity contribution in [3.05, 3.63) is 64.4 Å². The lowest BCUT2D eigenvalue weighted by molar-refractivity contribution is 0.955. The van der Waals surface area contributed by atoms with Crippen LogP contribution in [0, 0.1) is 0 Å². The predicted molar refractivity (Wildman–Crippen MR) is 65.8 cm³/mol. The van der Waals surface area contributed by atoms with Crippen LogP contribution in [-0.4, -0.2) is 4.98 Å². The first kappa shape index (κ1) is 10.4. The number of hydrogen-bond acceptors (Lipinski definition) is 1. The molecule has 0 spiro atoms. The van der Waals surface area contributed by atoms with Crippen LogP contribution in [0.3, 0.4) is 0 Å². The molecule has 0 bridgehead atoms. The minimum absolute atomic E-state index is 1.07. The molecule has 15 heavy (non-hydrogen) atoms. The molecule has 2 rings (SSSR count). The second-order valence-corrected chi connectivity index (χ2v) is 4.40. The van der Waals surface area contributed by atoms with Gasteiger partial charge in [-0.15, -0.1) is 0 Å². The average Bonchev–Trinajstić information content (AvgIpc) is 2.30. The maximum absolute atomic E-state index is 4.01. The van der Waals surface area contributed by atoms with Gasteiger partial charge in [-0.05, 0) is 48.2 Å². The van der Waals surface area contributed by atoms with Crippen molar-refractivity contribution in [1.82, 2.24) is 4.98 Å². The van der Waals surface area contributed by atoms with Crippen LogP contribution in [0.25, 0.3) is 0 Å². The van der Waals surface area contributed by atoms with Crippen LogP contribution >= 0.6 is 15.9 Å². The molecule has 0 unspecified atom stereocenters. The summed E-state index contributed by atoms with van der Waals surface area (Å²) in [5.41, 5.74) is 2.71. The van der Waals surface area contributed by atoms with Gasteiger partial charge in [0.25, 0.3) is 0 Å². The van der Waals surface area contributed by atoms with Crippen LogP contribution in [0.5, 0.6) is 0 Å². The van der Waals surface area contributed by atoms with Crippen molar-refractivity contribution in [1.29, 1.82) is 0 Å². The Morgan fingerprint density at radius 3 is 1.93 bits per heavy atom. The normalized spacial score (nSPS) is 10.2. The molecule has 0 radical (unpaired) electrons. The van der Waals surface area contributed by atoms with Crippen molar-refractivity contribution in [3.8, 4) is 0 Å². The first-order chi connectivity index (χ1) is 7.34. The van der Waals surface area contributed by atoms with E-state index in [0.29, 0.717) is 0 Å². The Morgan fingerprint density at radius 2 is 1.33 bits per heavy atom. The van der Waals surface area contributed by atoms with Crippen LogP contribution in [0.15, 0.2) is 53.3 Å². The van der Waals surface area contributed by atoms with Crippen molar-refractivity contribution in [2.24, 2.45) is 0 Å². The highest BCUT2D eigenvalue weighted by atomic mass is 79.9. The number of rotatable bonds is 3. The summed E-state index contributed by atoms with van der Waals surface area (Å²) in [6.45, 7) is 0. The standard InChI is InChI=1S/C13H12BrN/c14-13-5-3-11(4-6-13)1-2-12-7-9-15-10-8-12/h3-10H,1-2H2. The van der Waals surface area contributed by atoms with E-state index in [4.69, 9.17) is 0 Å². The smallest absolute Gasteiger partial charge is 0.0270 e. The lowest BCUT2D eigenvalue weighted by atomic mass is 10.1. The first-order valence-corrected chi connectivity index (χ1v) is 5.77. The van der Waals surface area contributed by atoms with Gasteiger partial charge >= 0.3 is 0 Å². The highest BCUT2D eigenvalue weighted by molar-refractivity contribution is 9.10. The fourth-order valence-corrected chi connectivity index (χ4v) is 1.75. The Kier molecular flexibility index (Phi) is 3.51. The fourth-order valence-electron chi connectivity index (χ4n) is 1.49. The van der Waals surface area contributed by atoms with E-state index in [1.54, 1.807) is 0 Å². The fraction of sp³-hybridized carbons (Fsp3) is 0.154. The number of benzene rings is 1. The molecule has 0 aliphatic rings. The summed E-state index contributed by atoms with van der Waals surface area (Å²) in [6, 6.07) is 12.6. The number of hydrogen-bond donors (Lipinski definition) is 0. The maximum atomic E-state index is 4.01. The second kappa shape index (κ2) is 5.08. The number of halogens is 1. The molecule has 0 atom stereocenters.